The van der Waals surface area contributed by atoms with Crippen LogP contribution < -0.4 is 9.47 Å². The molecule has 1 N–H and O–H groups in total. The molecule has 0 aliphatic carbocycles. The van der Waals surface area contributed by atoms with Crippen LogP contribution in [-0.4, -0.2) is 23.8 Å². The third-order valence-electron chi connectivity index (χ3n) is 5.68. The highest BCUT2D eigenvalue weighted by Gasteiger charge is 2.31. The van der Waals surface area contributed by atoms with Crippen molar-refractivity contribution in [3.8, 4) is 22.6 Å². The number of carboxylic acid groups (broad SMARTS) is 1. The molecule has 3 rings (SSSR count). The lowest BCUT2D eigenvalue weighted by Crippen LogP contribution is -2.16. The third-order valence-corrected chi connectivity index (χ3v) is 5.68. The number of carboxylic acids is 1. The fourth-order valence-corrected chi connectivity index (χ4v) is 3.78. The van der Waals surface area contributed by atoms with E-state index in [9.17, 15) is 18.0 Å². The highest BCUT2D eigenvalue weighted by Crippen LogP contribution is 2.37. The van der Waals surface area contributed by atoms with Gasteiger partial charge in [0.25, 0.3) is 0 Å². The van der Waals surface area contributed by atoms with Crippen LogP contribution in [-0.2, 0) is 23.8 Å². The largest absolute Gasteiger partial charge is 0.493 e. The van der Waals surface area contributed by atoms with Crippen molar-refractivity contribution in [3.63, 3.8) is 0 Å². The third kappa shape index (κ3) is 7.50. The lowest BCUT2D eigenvalue weighted by atomic mass is 10.0. The molecular weight excluding hydrogens is 457 g/mol. The average Bonchev–Trinajstić information content (AvgIpc) is 2.83. The zero-order chi connectivity index (χ0) is 25.4. The summed E-state index contributed by atoms with van der Waals surface area (Å²) in [5, 5.41) is 8.91. The van der Waals surface area contributed by atoms with Gasteiger partial charge in [-0.2, -0.15) is 13.2 Å². The SMILES string of the molecule is CCc1cc(OCCC(C)Oc2ccc(C(F)(F)F)cc2-c2ccccc2)ccc1CCC(=O)O. The molecule has 7 heteroatoms. The van der Waals surface area contributed by atoms with Crippen LogP contribution in [0.15, 0.2) is 66.7 Å². The first-order valence-electron chi connectivity index (χ1n) is 11.6. The van der Waals surface area contributed by atoms with Crippen LogP contribution in [0.3, 0.4) is 0 Å². The molecule has 0 bridgehead atoms. The van der Waals surface area contributed by atoms with Gasteiger partial charge < -0.3 is 14.6 Å². The summed E-state index contributed by atoms with van der Waals surface area (Å²) in [6.07, 6.45) is -2.89. The maximum atomic E-state index is 13.3. The van der Waals surface area contributed by atoms with Gasteiger partial charge in [0.05, 0.1) is 18.3 Å². The Bertz CT molecular complexity index is 1130. The second-order valence-corrected chi connectivity index (χ2v) is 8.32. The van der Waals surface area contributed by atoms with Gasteiger partial charge in [0, 0.05) is 18.4 Å². The van der Waals surface area contributed by atoms with Gasteiger partial charge in [0.2, 0.25) is 0 Å². The number of rotatable bonds is 11. The molecule has 0 aliphatic rings. The van der Waals surface area contributed by atoms with Crippen LogP contribution in [0.2, 0.25) is 0 Å². The standard InChI is InChI=1S/C28H29F3O4/c1-3-20-17-24(12-9-21(20)10-14-27(32)33)34-16-15-19(2)35-26-13-11-23(28(29,30)31)18-25(26)22-7-5-4-6-8-22/h4-9,11-13,17-19H,3,10,14-16H2,1-2H3,(H,32,33). The average molecular weight is 487 g/mol. The fraction of sp³-hybridized carbons (Fsp3) is 0.321. The lowest BCUT2D eigenvalue weighted by molar-refractivity contribution is -0.138. The summed E-state index contributed by atoms with van der Waals surface area (Å²) < 4.78 is 51.7. The number of hydrogen-bond donors (Lipinski definition) is 1. The van der Waals surface area contributed by atoms with Gasteiger partial charge in [-0.25, -0.2) is 0 Å². The number of alkyl halides is 3. The molecule has 1 atom stereocenters. The smallest absolute Gasteiger partial charge is 0.416 e. The molecule has 0 heterocycles. The summed E-state index contributed by atoms with van der Waals surface area (Å²) >= 11 is 0. The van der Waals surface area contributed by atoms with Crippen LogP contribution in [0.5, 0.6) is 11.5 Å². The van der Waals surface area contributed by atoms with Gasteiger partial charge in [-0.3, -0.25) is 4.79 Å². The number of carbonyl (C=O) groups is 1. The Morgan fingerprint density at radius 3 is 2.40 bits per heavy atom. The summed E-state index contributed by atoms with van der Waals surface area (Å²) in [6, 6.07) is 18.0. The van der Waals surface area contributed by atoms with E-state index in [-0.39, 0.29) is 12.5 Å². The molecular formula is C28H29F3O4. The molecule has 0 aromatic heterocycles. The van der Waals surface area contributed by atoms with Crippen molar-refractivity contribution >= 4 is 5.97 Å². The molecule has 0 fully saturated rings. The molecule has 35 heavy (non-hydrogen) atoms. The molecule has 186 valence electrons. The van der Waals surface area contributed by atoms with E-state index < -0.39 is 17.7 Å². The van der Waals surface area contributed by atoms with Gasteiger partial charge in [-0.05, 0) is 66.8 Å². The molecule has 3 aromatic carbocycles. The van der Waals surface area contributed by atoms with E-state index in [0.717, 1.165) is 29.7 Å². The van der Waals surface area contributed by atoms with Crippen molar-refractivity contribution in [2.24, 2.45) is 0 Å². The van der Waals surface area contributed by atoms with E-state index in [1.54, 1.807) is 30.3 Å². The van der Waals surface area contributed by atoms with E-state index >= 15 is 0 Å². The summed E-state index contributed by atoms with van der Waals surface area (Å²) in [5.74, 6) is 0.241. The molecule has 1 unspecified atom stereocenters. The van der Waals surface area contributed by atoms with Gasteiger partial charge in [0.15, 0.2) is 0 Å². The Hall–Kier alpha value is -3.48. The van der Waals surface area contributed by atoms with E-state index in [0.29, 0.717) is 42.1 Å². The highest BCUT2D eigenvalue weighted by molar-refractivity contribution is 5.71. The Morgan fingerprint density at radius 2 is 1.74 bits per heavy atom. The zero-order valence-electron chi connectivity index (χ0n) is 19.8. The van der Waals surface area contributed by atoms with Crippen LogP contribution in [0.1, 0.15) is 43.4 Å². The fourth-order valence-electron chi connectivity index (χ4n) is 3.78. The van der Waals surface area contributed by atoms with Crippen LogP contribution in [0.25, 0.3) is 11.1 Å². The second-order valence-electron chi connectivity index (χ2n) is 8.32. The maximum Gasteiger partial charge on any atom is 0.416 e. The molecule has 0 saturated carbocycles. The molecule has 3 aromatic rings. The first-order chi connectivity index (χ1) is 16.7. The van der Waals surface area contributed by atoms with Crippen LogP contribution in [0.4, 0.5) is 13.2 Å². The minimum absolute atomic E-state index is 0.0803. The monoisotopic (exact) mass is 486 g/mol. The topological polar surface area (TPSA) is 55.8 Å². The number of benzene rings is 3. The number of aryl methyl sites for hydroxylation is 2. The lowest BCUT2D eigenvalue weighted by Gasteiger charge is -2.19. The first-order valence-corrected chi connectivity index (χ1v) is 11.6. The summed E-state index contributed by atoms with van der Waals surface area (Å²) in [5.41, 5.74) is 2.35. The maximum absolute atomic E-state index is 13.3. The Kier molecular flexibility index (Phi) is 8.79. The first kappa shape index (κ1) is 26.1. The van der Waals surface area contributed by atoms with Crippen molar-refractivity contribution in [2.45, 2.75) is 51.8 Å². The summed E-state index contributed by atoms with van der Waals surface area (Å²) in [4.78, 5) is 10.9. The Balaban J connectivity index is 1.65. The van der Waals surface area contributed by atoms with E-state index in [1.165, 1.54) is 6.07 Å². The van der Waals surface area contributed by atoms with Gasteiger partial charge in [0.1, 0.15) is 11.5 Å². The van der Waals surface area contributed by atoms with Crippen LogP contribution in [0, 0.1) is 0 Å². The van der Waals surface area contributed by atoms with Crippen molar-refractivity contribution in [3.05, 3.63) is 83.4 Å². The molecule has 0 saturated heterocycles. The van der Waals surface area contributed by atoms with Gasteiger partial charge in [-0.15, -0.1) is 0 Å². The predicted molar refractivity (Wildman–Crippen MR) is 129 cm³/mol. The zero-order valence-corrected chi connectivity index (χ0v) is 19.8. The molecule has 0 aliphatic heterocycles. The van der Waals surface area contributed by atoms with Gasteiger partial charge in [-0.1, -0.05) is 43.3 Å². The Labute approximate surface area is 203 Å². The number of ether oxygens (including phenoxy) is 2. The predicted octanol–water partition coefficient (Wildman–Crippen LogP) is 7.19. The van der Waals surface area contributed by atoms with Crippen molar-refractivity contribution in [1.29, 1.82) is 0 Å². The van der Waals surface area contributed by atoms with Gasteiger partial charge >= 0.3 is 12.1 Å². The van der Waals surface area contributed by atoms with E-state index in [2.05, 4.69) is 0 Å². The van der Waals surface area contributed by atoms with Crippen molar-refractivity contribution in [1.82, 2.24) is 0 Å². The number of halogens is 3. The minimum Gasteiger partial charge on any atom is -0.493 e. The van der Waals surface area contributed by atoms with Crippen molar-refractivity contribution in [2.75, 3.05) is 6.61 Å². The number of hydrogen-bond acceptors (Lipinski definition) is 3. The minimum atomic E-state index is -4.44. The molecule has 4 nitrogen and oxygen atoms in total. The quantitative estimate of drug-likeness (QED) is 0.312. The summed E-state index contributed by atoms with van der Waals surface area (Å²) in [6.45, 7) is 4.22. The Morgan fingerprint density at radius 1 is 1.00 bits per heavy atom. The molecule has 0 amide bonds. The van der Waals surface area contributed by atoms with Crippen molar-refractivity contribution < 1.29 is 32.5 Å². The molecule has 0 radical (unpaired) electrons. The van der Waals surface area contributed by atoms with Crippen LogP contribution >= 0.6 is 0 Å². The molecule has 0 spiro atoms. The normalized spacial score (nSPS) is 12.3. The second kappa shape index (κ2) is 11.8. The van der Waals surface area contributed by atoms with E-state index in [4.69, 9.17) is 14.6 Å². The highest BCUT2D eigenvalue weighted by atomic mass is 19.4. The number of aliphatic carboxylic acids is 1. The van der Waals surface area contributed by atoms with E-state index in [1.807, 2.05) is 32.0 Å². The summed E-state index contributed by atoms with van der Waals surface area (Å²) in [7, 11) is 0.